The first kappa shape index (κ1) is 25.1. The summed E-state index contributed by atoms with van der Waals surface area (Å²) in [5.74, 6) is 0.306. The third kappa shape index (κ3) is 5.16. The summed E-state index contributed by atoms with van der Waals surface area (Å²) in [6.07, 6.45) is -3.28. The molecule has 0 N–H and O–H groups in total. The average Bonchev–Trinajstić information content (AvgIpc) is 2.82. The summed E-state index contributed by atoms with van der Waals surface area (Å²) in [5.41, 5.74) is -0.177. The largest absolute Gasteiger partial charge is 0.489 e. The third-order valence-corrected chi connectivity index (χ3v) is 7.65. The molecule has 1 aliphatic rings. The molecule has 0 aliphatic carbocycles. The van der Waals surface area contributed by atoms with Crippen molar-refractivity contribution in [3.05, 3.63) is 87.9 Å². The molecule has 10 heteroatoms. The smallest absolute Gasteiger partial charge is 0.417 e. The lowest BCUT2D eigenvalue weighted by Crippen LogP contribution is -2.38. The minimum Gasteiger partial charge on any atom is -0.489 e. The van der Waals surface area contributed by atoms with Crippen LogP contribution in [0.4, 0.5) is 23.2 Å². The Balaban J connectivity index is 1.73. The van der Waals surface area contributed by atoms with Gasteiger partial charge in [0.05, 0.1) is 22.7 Å². The van der Waals surface area contributed by atoms with Crippen molar-refractivity contribution in [1.82, 2.24) is 0 Å². The number of ether oxygens (including phenoxy) is 1. The Morgan fingerprint density at radius 3 is 2.51 bits per heavy atom. The highest BCUT2D eigenvalue weighted by molar-refractivity contribution is 7.92. The summed E-state index contributed by atoms with van der Waals surface area (Å²) in [7, 11) is -4.06. The van der Waals surface area contributed by atoms with E-state index in [2.05, 4.69) is 0 Å². The van der Waals surface area contributed by atoms with Gasteiger partial charge in [-0.2, -0.15) is 13.2 Å². The molecule has 0 aromatic heterocycles. The van der Waals surface area contributed by atoms with Crippen LogP contribution in [-0.4, -0.2) is 21.6 Å². The van der Waals surface area contributed by atoms with E-state index >= 15 is 0 Å². The third-order valence-electron chi connectivity index (χ3n) is 5.51. The SMILES string of the molecule is CC(F)c1cccc(S(=O)(=O)N2CCOc3ccc(/C=C/c4c(Cl)cccc4C(F)(F)F)cc32)c1. The molecule has 0 saturated carbocycles. The topological polar surface area (TPSA) is 46.6 Å². The molecular weight excluding hydrogens is 506 g/mol. The predicted molar refractivity (Wildman–Crippen MR) is 128 cm³/mol. The molecule has 4 rings (SSSR count). The molecule has 0 bridgehead atoms. The van der Waals surface area contributed by atoms with E-state index in [0.29, 0.717) is 11.3 Å². The second-order valence-corrected chi connectivity index (χ2v) is 10.1. The fourth-order valence-electron chi connectivity index (χ4n) is 3.75. The van der Waals surface area contributed by atoms with Gasteiger partial charge in [-0.25, -0.2) is 12.8 Å². The van der Waals surface area contributed by atoms with Crippen molar-refractivity contribution < 1.29 is 30.7 Å². The van der Waals surface area contributed by atoms with Crippen molar-refractivity contribution in [2.75, 3.05) is 17.5 Å². The van der Waals surface area contributed by atoms with Gasteiger partial charge in [-0.05, 0) is 54.4 Å². The molecule has 4 nitrogen and oxygen atoms in total. The highest BCUT2D eigenvalue weighted by atomic mass is 35.5. The van der Waals surface area contributed by atoms with Crippen LogP contribution in [0.5, 0.6) is 5.75 Å². The highest BCUT2D eigenvalue weighted by Crippen LogP contribution is 2.38. The maximum absolute atomic E-state index is 13.8. The van der Waals surface area contributed by atoms with Gasteiger partial charge in [0.15, 0.2) is 0 Å². The molecule has 3 aromatic rings. The van der Waals surface area contributed by atoms with Crippen LogP contribution in [0.1, 0.15) is 35.3 Å². The van der Waals surface area contributed by atoms with Crippen molar-refractivity contribution in [1.29, 1.82) is 0 Å². The van der Waals surface area contributed by atoms with E-state index in [0.717, 1.165) is 10.4 Å². The predicted octanol–water partition coefficient (Wildman–Crippen LogP) is 7.15. The molecule has 1 aliphatic heterocycles. The molecule has 35 heavy (non-hydrogen) atoms. The number of halogens is 5. The Bertz CT molecular complexity index is 1390. The second kappa shape index (κ2) is 9.54. The van der Waals surface area contributed by atoms with Crippen molar-refractivity contribution in [3.63, 3.8) is 0 Å². The molecular formula is C25H20ClF4NO3S. The Morgan fingerprint density at radius 1 is 1.06 bits per heavy atom. The van der Waals surface area contributed by atoms with E-state index in [1.807, 2.05) is 0 Å². The van der Waals surface area contributed by atoms with E-state index in [4.69, 9.17) is 16.3 Å². The summed E-state index contributed by atoms with van der Waals surface area (Å²) in [5, 5.41) is -0.0662. The number of alkyl halides is 4. The average molecular weight is 526 g/mol. The normalized spacial score (nSPS) is 15.1. The minimum atomic E-state index is -4.59. The quantitative estimate of drug-likeness (QED) is 0.262. The Labute approximate surface area is 205 Å². The van der Waals surface area contributed by atoms with E-state index in [1.165, 1.54) is 61.5 Å². The van der Waals surface area contributed by atoms with Gasteiger partial charge in [-0.3, -0.25) is 4.31 Å². The lowest BCUT2D eigenvalue weighted by atomic mass is 10.0. The van der Waals surface area contributed by atoms with Crippen molar-refractivity contribution in [2.24, 2.45) is 0 Å². The van der Waals surface area contributed by atoms with Crippen LogP contribution < -0.4 is 9.04 Å². The first-order valence-corrected chi connectivity index (χ1v) is 12.4. The van der Waals surface area contributed by atoms with E-state index in [9.17, 15) is 26.0 Å². The fraction of sp³-hybridized carbons (Fsp3) is 0.200. The second-order valence-electron chi connectivity index (χ2n) is 7.87. The Hall–Kier alpha value is -3.04. The standard InChI is InChI=1S/C25H20ClF4NO3S/c1-16(27)18-4-2-5-19(15-18)35(32,33)31-12-13-34-24-11-9-17(14-23(24)31)8-10-20-21(25(28,29)30)6-3-7-22(20)26/h2-11,14-16H,12-13H2,1H3/b10-8+. The zero-order valence-electron chi connectivity index (χ0n) is 18.4. The van der Waals surface area contributed by atoms with Gasteiger partial charge in [0.2, 0.25) is 0 Å². The van der Waals surface area contributed by atoms with Crippen LogP contribution >= 0.6 is 11.6 Å². The minimum absolute atomic E-state index is 0.0145. The molecule has 0 radical (unpaired) electrons. The van der Waals surface area contributed by atoms with Gasteiger partial charge in [0.1, 0.15) is 18.5 Å². The van der Waals surface area contributed by atoms with Gasteiger partial charge < -0.3 is 4.74 Å². The highest BCUT2D eigenvalue weighted by Gasteiger charge is 2.33. The molecule has 1 atom stereocenters. The lowest BCUT2D eigenvalue weighted by Gasteiger charge is -2.31. The Kier molecular flexibility index (Phi) is 6.83. The van der Waals surface area contributed by atoms with Gasteiger partial charge in [0, 0.05) is 10.6 Å². The Morgan fingerprint density at radius 2 is 1.80 bits per heavy atom. The first-order chi connectivity index (χ1) is 16.5. The number of anilines is 1. The van der Waals surface area contributed by atoms with Crippen LogP contribution in [0, 0.1) is 0 Å². The molecule has 0 fully saturated rings. The van der Waals surface area contributed by atoms with Crippen molar-refractivity contribution >= 4 is 39.5 Å². The molecule has 1 heterocycles. The van der Waals surface area contributed by atoms with Crippen LogP contribution in [0.25, 0.3) is 12.2 Å². The number of benzene rings is 3. The van der Waals surface area contributed by atoms with Crippen LogP contribution in [0.15, 0.2) is 65.6 Å². The van der Waals surface area contributed by atoms with E-state index < -0.39 is 27.9 Å². The van der Waals surface area contributed by atoms with Crippen LogP contribution in [0.2, 0.25) is 5.02 Å². The number of nitrogens with zero attached hydrogens (tertiary/aromatic N) is 1. The van der Waals surface area contributed by atoms with Crippen LogP contribution in [-0.2, 0) is 16.2 Å². The van der Waals surface area contributed by atoms with Gasteiger partial charge in [0.25, 0.3) is 10.0 Å². The summed E-state index contributed by atoms with van der Waals surface area (Å²) in [4.78, 5) is -0.0702. The maximum Gasteiger partial charge on any atom is 0.417 e. The summed E-state index contributed by atoms with van der Waals surface area (Å²) >= 11 is 6.02. The lowest BCUT2D eigenvalue weighted by molar-refractivity contribution is -0.137. The van der Waals surface area contributed by atoms with E-state index in [-0.39, 0.29) is 39.9 Å². The van der Waals surface area contributed by atoms with Gasteiger partial charge in [-0.15, -0.1) is 0 Å². The number of hydrogen-bond acceptors (Lipinski definition) is 3. The molecule has 0 saturated heterocycles. The number of fused-ring (bicyclic) bond motifs is 1. The maximum atomic E-state index is 13.8. The fourth-order valence-corrected chi connectivity index (χ4v) is 5.49. The zero-order valence-corrected chi connectivity index (χ0v) is 20.0. The first-order valence-electron chi connectivity index (χ1n) is 10.6. The van der Waals surface area contributed by atoms with Gasteiger partial charge in [-0.1, -0.05) is 48.0 Å². The van der Waals surface area contributed by atoms with Crippen molar-refractivity contribution in [2.45, 2.75) is 24.2 Å². The van der Waals surface area contributed by atoms with Crippen LogP contribution in [0.3, 0.4) is 0 Å². The molecule has 0 spiro atoms. The molecule has 184 valence electrons. The van der Waals surface area contributed by atoms with Crippen molar-refractivity contribution in [3.8, 4) is 5.75 Å². The number of hydrogen-bond donors (Lipinski definition) is 0. The monoisotopic (exact) mass is 525 g/mol. The summed E-state index contributed by atoms with van der Waals surface area (Å²) < 4.78 is 87.5. The summed E-state index contributed by atoms with van der Waals surface area (Å²) in [6, 6.07) is 13.8. The molecule has 0 amide bonds. The zero-order chi connectivity index (χ0) is 25.4. The summed E-state index contributed by atoms with van der Waals surface area (Å²) in [6.45, 7) is 1.44. The number of rotatable bonds is 5. The molecule has 3 aromatic carbocycles. The molecule has 1 unspecified atom stereocenters. The number of sulfonamides is 1. The van der Waals surface area contributed by atoms with Gasteiger partial charge >= 0.3 is 6.18 Å². The van der Waals surface area contributed by atoms with E-state index in [1.54, 1.807) is 12.1 Å².